The molecule has 0 saturated heterocycles. The molecule has 2 rings (SSSR count). The Bertz CT molecular complexity index is 1040. The van der Waals surface area contributed by atoms with Crippen LogP contribution in [0.4, 0.5) is 0 Å². The van der Waals surface area contributed by atoms with Gasteiger partial charge in [-0.1, -0.05) is 12.1 Å². The zero-order chi connectivity index (χ0) is 21.1. The second-order valence-corrected chi connectivity index (χ2v) is 9.22. The molecule has 9 heteroatoms. The van der Waals surface area contributed by atoms with Gasteiger partial charge in [-0.2, -0.15) is 0 Å². The smallest absolute Gasteiger partial charge is 0.264 e. The van der Waals surface area contributed by atoms with Gasteiger partial charge in [-0.15, -0.1) is 0 Å². The molecule has 0 spiro atoms. The van der Waals surface area contributed by atoms with Gasteiger partial charge in [0.05, 0.1) is 7.11 Å². The first-order valence-electron chi connectivity index (χ1n) is 8.53. The standard InChI is InChI=1S/C19H24N2O6S/c1-13-15(6-5-7-16(13)27-3)14-8-10-21(17(22)12-14)11-9-19(2,18(23)20-24)28(4,25)26/h5-8,10,12,24H,9,11H2,1-4H3,(H,20,23). The molecule has 1 heterocycles. The molecule has 2 aromatic rings. The Hall–Kier alpha value is -2.65. The van der Waals surface area contributed by atoms with Gasteiger partial charge in [-0.05, 0) is 49.1 Å². The molecular weight excluding hydrogens is 384 g/mol. The van der Waals surface area contributed by atoms with Crippen molar-refractivity contribution < 1.29 is 23.2 Å². The van der Waals surface area contributed by atoms with Crippen molar-refractivity contribution in [1.29, 1.82) is 0 Å². The van der Waals surface area contributed by atoms with Crippen LogP contribution in [0.2, 0.25) is 0 Å². The van der Waals surface area contributed by atoms with Gasteiger partial charge in [0.1, 0.15) is 5.75 Å². The fraction of sp³-hybridized carbons (Fsp3) is 0.368. The van der Waals surface area contributed by atoms with E-state index in [4.69, 9.17) is 9.94 Å². The van der Waals surface area contributed by atoms with Crippen LogP contribution in [0.3, 0.4) is 0 Å². The summed E-state index contributed by atoms with van der Waals surface area (Å²) in [4.78, 5) is 24.4. The molecule has 8 nitrogen and oxygen atoms in total. The maximum atomic E-state index is 12.5. The van der Waals surface area contributed by atoms with Crippen LogP contribution in [0.15, 0.2) is 41.3 Å². The molecule has 1 unspecified atom stereocenters. The number of benzene rings is 1. The number of aryl methyl sites for hydroxylation is 1. The minimum absolute atomic E-state index is 0.00675. The summed E-state index contributed by atoms with van der Waals surface area (Å²) in [7, 11) is -2.25. The molecule has 0 radical (unpaired) electrons. The third-order valence-corrected chi connectivity index (χ3v) is 7.07. The van der Waals surface area contributed by atoms with Crippen LogP contribution in [0, 0.1) is 6.92 Å². The number of rotatable bonds is 7. The predicted molar refractivity (Wildman–Crippen MR) is 105 cm³/mol. The van der Waals surface area contributed by atoms with E-state index in [0.717, 1.165) is 17.4 Å². The molecule has 1 atom stereocenters. The van der Waals surface area contributed by atoms with Crippen LogP contribution < -0.4 is 15.8 Å². The molecule has 28 heavy (non-hydrogen) atoms. The normalized spacial score (nSPS) is 13.6. The minimum Gasteiger partial charge on any atom is -0.496 e. The topological polar surface area (TPSA) is 115 Å². The third kappa shape index (κ3) is 4.10. The van der Waals surface area contributed by atoms with E-state index in [0.29, 0.717) is 11.3 Å². The van der Waals surface area contributed by atoms with E-state index in [1.807, 2.05) is 25.1 Å². The number of hydroxylamine groups is 1. The molecule has 0 aliphatic heterocycles. The number of nitrogens with one attached hydrogen (secondary N) is 1. The molecule has 0 aliphatic carbocycles. The van der Waals surface area contributed by atoms with E-state index < -0.39 is 20.5 Å². The van der Waals surface area contributed by atoms with Crippen LogP contribution in [0.25, 0.3) is 11.1 Å². The quantitative estimate of drug-likeness (QED) is 0.530. The van der Waals surface area contributed by atoms with Crippen LogP contribution in [-0.4, -0.2) is 42.2 Å². The second-order valence-electron chi connectivity index (χ2n) is 6.77. The number of aromatic nitrogens is 1. The Morgan fingerprint density at radius 1 is 1.32 bits per heavy atom. The summed E-state index contributed by atoms with van der Waals surface area (Å²) in [6.07, 6.45) is 2.30. The number of hydrogen-bond donors (Lipinski definition) is 2. The van der Waals surface area contributed by atoms with Gasteiger partial charge in [0.15, 0.2) is 14.6 Å². The highest BCUT2D eigenvalue weighted by molar-refractivity contribution is 7.92. The number of pyridine rings is 1. The third-order valence-electron chi connectivity index (χ3n) is 5.04. The number of nitrogens with zero attached hydrogens (tertiary/aromatic N) is 1. The fourth-order valence-corrected chi connectivity index (χ4v) is 3.77. The van der Waals surface area contributed by atoms with Crippen LogP contribution in [0.1, 0.15) is 18.9 Å². The van der Waals surface area contributed by atoms with Gasteiger partial charge in [0, 0.05) is 25.1 Å². The maximum Gasteiger partial charge on any atom is 0.264 e. The van der Waals surface area contributed by atoms with E-state index in [2.05, 4.69) is 0 Å². The molecule has 1 aromatic heterocycles. The molecular formula is C19H24N2O6S. The number of methoxy groups -OCH3 is 1. The Kier molecular flexibility index (Phi) is 6.30. The van der Waals surface area contributed by atoms with E-state index >= 15 is 0 Å². The van der Waals surface area contributed by atoms with Crippen molar-refractivity contribution in [1.82, 2.24) is 10.0 Å². The first kappa shape index (κ1) is 21.6. The van der Waals surface area contributed by atoms with Gasteiger partial charge >= 0.3 is 0 Å². The van der Waals surface area contributed by atoms with Crippen molar-refractivity contribution in [2.75, 3.05) is 13.4 Å². The lowest BCUT2D eigenvalue weighted by Crippen LogP contribution is -2.49. The Balaban J connectivity index is 2.33. The highest BCUT2D eigenvalue weighted by atomic mass is 32.2. The second kappa shape index (κ2) is 8.15. The molecule has 0 saturated carbocycles. The van der Waals surface area contributed by atoms with Crippen molar-refractivity contribution in [2.24, 2.45) is 0 Å². The Morgan fingerprint density at radius 2 is 2.00 bits per heavy atom. The summed E-state index contributed by atoms with van der Waals surface area (Å²) in [6.45, 7) is 3.10. The summed E-state index contributed by atoms with van der Waals surface area (Å²) in [5.74, 6) is -0.327. The van der Waals surface area contributed by atoms with E-state index in [1.54, 1.807) is 19.4 Å². The summed E-state index contributed by atoms with van der Waals surface area (Å²) in [6, 6.07) is 8.73. The summed E-state index contributed by atoms with van der Waals surface area (Å²) in [5, 5.41) is 8.87. The predicted octanol–water partition coefficient (Wildman–Crippen LogP) is 1.53. The minimum atomic E-state index is -3.82. The first-order valence-corrected chi connectivity index (χ1v) is 10.4. The molecule has 2 N–H and O–H groups in total. The van der Waals surface area contributed by atoms with Crippen LogP contribution in [0.5, 0.6) is 5.75 Å². The first-order chi connectivity index (χ1) is 13.0. The average molecular weight is 408 g/mol. The van der Waals surface area contributed by atoms with Crippen molar-refractivity contribution in [3.8, 4) is 16.9 Å². The highest BCUT2D eigenvalue weighted by Crippen LogP contribution is 2.29. The average Bonchev–Trinajstić information content (AvgIpc) is 2.65. The number of hydrogen-bond acceptors (Lipinski definition) is 6. The van der Waals surface area contributed by atoms with E-state index in [9.17, 15) is 18.0 Å². The number of carbonyl (C=O) groups is 1. The number of amides is 1. The Labute approximate surface area is 163 Å². The summed E-state index contributed by atoms with van der Waals surface area (Å²) < 4.78 is 28.8. The van der Waals surface area contributed by atoms with Crippen molar-refractivity contribution in [3.05, 3.63) is 52.4 Å². The highest BCUT2D eigenvalue weighted by Gasteiger charge is 2.43. The van der Waals surface area contributed by atoms with Crippen molar-refractivity contribution in [3.63, 3.8) is 0 Å². The zero-order valence-electron chi connectivity index (χ0n) is 16.2. The molecule has 0 aliphatic rings. The van der Waals surface area contributed by atoms with E-state index in [1.165, 1.54) is 23.0 Å². The van der Waals surface area contributed by atoms with Gasteiger partial charge in [0.2, 0.25) is 0 Å². The molecule has 152 valence electrons. The summed E-state index contributed by atoms with van der Waals surface area (Å²) in [5.41, 5.74) is 3.51. The lowest BCUT2D eigenvalue weighted by molar-refractivity contribution is -0.131. The van der Waals surface area contributed by atoms with Gasteiger partial charge < -0.3 is 9.30 Å². The van der Waals surface area contributed by atoms with Crippen molar-refractivity contribution in [2.45, 2.75) is 31.6 Å². The zero-order valence-corrected chi connectivity index (χ0v) is 17.0. The largest absolute Gasteiger partial charge is 0.496 e. The van der Waals surface area contributed by atoms with Gasteiger partial charge in [0.25, 0.3) is 11.5 Å². The maximum absolute atomic E-state index is 12.5. The molecule has 0 fully saturated rings. The fourth-order valence-electron chi connectivity index (χ4n) is 2.93. The van der Waals surface area contributed by atoms with E-state index in [-0.39, 0.29) is 18.5 Å². The Morgan fingerprint density at radius 3 is 2.54 bits per heavy atom. The lowest BCUT2D eigenvalue weighted by Gasteiger charge is -2.25. The van der Waals surface area contributed by atoms with Gasteiger partial charge in [-0.3, -0.25) is 14.8 Å². The molecule has 0 bridgehead atoms. The molecule has 1 amide bonds. The lowest BCUT2D eigenvalue weighted by atomic mass is 10.0. The summed E-state index contributed by atoms with van der Waals surface area (Å²) >= 11 is 0. The molecule has 1 aromatic carbocycles. The number of carbonyl (C=O) groups excluding carboxylic acids is 1. The van der Waals surface area contributed by atoms with Crippen LogP contribution in [-0.2, 0) is 21.2 Å². The van der Waals surface area contributed by atoms with Crippen molar-refractivity contribution >= 4 is 15.7 Å². The van der Waals surface area contributed by atoms with Gasteiger partial charge in [-0.25, -0.2) is 13.9 Å². The SMILES string of the molecule is COc1cccc(-c2ccn(CCC(C)(C(=O)NO)S(C)(=O)=O)c(=O)c2)c1C. The monoisotopic (exact) mass is 408 g/mol. The van der Waals surface area contributed by atoms with Crippen LogP contribution >= 0.6 is 0 Å². The number of sulfone groups is 1. The number of ether oxygens (including phenoxy) is 1.